The fraction of sp³-hybridized carbons (Fsp3) is 0.654. The van der Waals surface area contributed by atoms with Crippen LogP contribution in [0.25, 0.3) is 0 Å². The summed E-state index contributed by atoms with van der Waals surface area (Å²) in [6.45, 7) is 2.26. The van der Waals surface area contributed by atoms with Crippen molar-refractivity contribution < 1.29 is 9.53 Å². The molecule has 1 heterocycles. The lowest BCUT2D eigenvalue weighted by Crippen LogP contribution is -2.31. The van der Waals surface area contributed by atoms with E-state index in [1.165, 1.54) is 63.4 Å². The molecule has 0 N–H and O–H groups in total. The number of allylic oxidation sites excluding steroid dienone is 1. The van der Waals surface area contributed by atoms with Crippen molar-refractivity contribution in [3.63, 3.8) is 0 Å². The van der Waals surface area contributed by atoms with Crippen molar-refractivity contribution in [2.24, 2.45) is 17.8 Å². The summed E-state index contributed by atoms with van der Waals surface area (Å²) in [6.07, 6.45) is 15.7. The zero-order valence-electron chi connectivity index (χ0n) is 17.4. The van der Waals surface area contributed by atoms with E-state index in [0.29, 0.717) is 24.0 Å². The highest BCUT2D eigenvalue weighted by molar-refractivity contribution is 5.97. The van der Waals surface area contributed by atoms with Crippen LogP contribution >= 0.6 is 0 Å². The van der Waals surface area contributed by atoms with Crippen LogP contribution in [0.1, 0.15) is 89.0 Å². The van der Waals surface area contributed by atoms with Crippen molar-refractivity contribution in [2.75, 3.05) is 0 Å². The Morgan fingerprint density at radius 2 is 1.79 bits per heavy atom. The SMILES string of the molecule is CCC(CCC1CCCCC1)C1CC(=O)C(C(c2ccccc2)C2CC2)=CO1. The lowest BCUT2D eigenvalue weighted by atomic mass is 9.79. The molecule has 2 aliphatic carbocycles. The molecule has 0 bridgehead atoms. The summed E-state index contributed by atoms with van der Waals surface area (Å²) in [5, 5.41) is 0. The number of benzene rings is 1. The molecule has 1 aromatic carbocycles. The highest BCUT2D eigenvalue weighted by atomic mass is 16.5. The van der Waals surface area contributed by atoms with Gasteiger partial charge < -0.3 is 4.74 Å². The van der Waals surface area contributed by atoms with Gasteiger partial charge in [0.05, 0.1) is 6.26 Å². The molecule has 2 heteroatoms. The van der Waals surface area contributed by atoms with Gasteiger partial charge in [-0.3, -0.25) is 4.79 Å². The summed E-state index contributed by atoms with van der Waals surface area (Å²) in [4.78, 5) is 13.1. The second-order valence-electron chi connectivity index (χ2n) is 9.35. The van der Waals surface area contributed by atoms with Crippen molar-refractivity contribution in [1.29, 1.82) is 0 Å². The molecule has 4 rings (SSSR count). The Morgan fingerprint density at radius 1 is 1.04 bits per heavy atom. The van der Waals surface area contributed by atoms with Crippen molar-refractivity contribution >= 4 is 5.78 Å². The number of carbonyl (C=O) groups excluding carboxylic acids is 1. The Bertz CT molecular complexity index is 667. The highest BCUT2D eigenvalue weighted by Gasteiger charge is 2.40. The van der Waals surface area contributed by atoms with Crippen LogP contribution in [0, 0.1) is 17.8 Å². The van der Waals surface area contributed by atoms with Gasteiger partial charge in [-0.2, -0.15) is 0 Å². The van der Waals surface area contributed by atoms with E-state index in [2.05, 4.69) is 37.3 Å². The molecular formula is C26H36O2. The molecule has 28 heavy (non-hydrogen) atoms. The molecule has 3 atom stereocenters. The molecule has 1 aromatic rings. The van der Waals surface area contributed by atoms with E-state index in [9.17, 15) is 4.79 Å². The van der Waals surface area contributed by atoms with Gasteiger partial charge in [-0.05, 0) is 49.0 Å². The van der Waals surface area contributed by atoms with Crippen LogP contribution in [0.15, 0.2) is 42.2 Å². The maximum Gasteiger partial charge on any atom is 0.166 e. The zero-order valence-corrected chi connectivity index (χ0v) is 17.4. The molecule has 2 nitrogen and oxygen atoms in total. The first kappa shape index (κ1) is 19.7. The summed E-state index contributed by atoms with van der Waals surface area (Å²) >= 11 is 0. The lowest BCUT2D eigenvalue weighted by Gasteiger charge is -2.32. The van der Waals surface area contributed by atoms with Gasteiger partial charge in [0, 0.05) is 17.9 Å². The maximum absolute atomic E-state index is 13.1. The van der Waals surface area contributed by atoms with Crippen LogP contribution in [0.4, 0.5) is 0 Å². The number of Topliss-reactive ketones (excluding diaryl/α,β-unsaturated/α-hetero) is 1. The van der Waals surface area contributed by atoms with Crippen LogP contribution in [0.3, 0.4) is 0 Å². The molecule has 0 saturated heterocycles. The van der Waals surface area contributed by atoms with Crippen molar-refractivity contribution in [1.82, 2.24) is 0 Å². The topological polar surface area (TPSA) is 26.3 Å². The number of ketones is 1. The van der Waals surface area contributed by atoms with Crippen LogP contribution in [-0.4, -0.2) is 11.9 Å². The fourth-order valence-electron chi connectivity index (χ4n) is 5.47. The quantitative estimate of drug-likeness (QED) is 0.495. The molecule has 0 spiro atoms. The molecule has 3 aliphatic rings. The third-order valence-electron chi connectivity index (χ3n) is 7.39. The predicted molar refractivity (Wildman–Crippen MR) is 114 cm³/mol. The van der Waals surface area contributed by atoms with Gasteiger partial charge in [-0.25, -0.2) is 0 Å². The Labute approximate surface area is 170 Å². The van der Waals surface area contributed by atoms with Gasteiger partial charge in [0.15, 0.2) is 5.78 Å². The van der Waals surface area contributed by atoms with E-state index in [0.717, 1.165) is 17.9 Å². The van der Waals surface area contributed by atoms with E-state index in [4.69, 9.17) is 4.74 Å². The molecule has 2 saturated carbocycles. The molecule has 3 unspecified atom stereocenters. The van der Waals surface area contributed by atoms with Gasteiger partial charge >= 0.3 is 0 Å². The first-order chi connectivity index (χ1) is 13.8. The summed E-state index contributed by atoms with van der Waals surface area (Å²) in [7, 11) is 0. The van der Waals surface area contributed by atoms with Crippen LogP contribution in [0.5, 0.6) is 0 Å². The van der Waals surface area contributed by atoms with Gasteiger partial charge in [0.25, 0.3) is 0 Å². The van der Waals surface area contributed by atoms with Gasteiger partial charge in [-0.1, -0.05) is 75.8 Å². The Morgan fingerprint density at radius 3 is 2.43 bits per heavy atom. The molecular weight excluding hydrogens is 344 g/mol. The predicted octanol–water partition coefficient (Wildman–Crippen LogP) is 6.81. The van der Waals surface area contributed by atoms with Crippen molar-refractivity contribution in [3.05, 3.63) is 47.7 Å². The van der Waals surface area contributed by atoms with Gasteiger partial charge in [-0.15, -0.1) is 0 Å². The monoisotopic (exact) mass is 380 g/mol. The van der Waals surface area contributed by atoms with Crippen LogP contribution in [0.2, 0.25) is 0 Å². The van der Waals surface area contributed by atoms with E-state index in [1.807, 2.05) is 6.26 Å². The molecule has 0 radical (unpaired) electrons. The number of carbonyl (C=O) groups is 1. The van der Waals surface area contributed by atoms with Gasteiger partial charge in [0.2, 0.25) is 0 Å². The minimum absolute atomic E-state index is 0.0838. The summed E-state index contributed by atoms with van der Waals surface area (Å²) in [6, 6.07) is 10.6. The number of hydrogen-bond acceptors (Lipinski definition) is 2. The number of hydrogen-bond donors (Lipinski definition) is 0. The zero-order chi connectivity index (χ0) is 19.3. The van der Waals surface area contributed by atoms with Crippen LogP contribution in [-0.2, 0) is 9.53 Å². The minimum Gasteiger partial charge on any atom is -0.497 e. The molecule has 152 valence electrons. The third kappa shape index (κ3) is 4.70. The van der Waals surface area contributed by atoms with Crippen molar-refractivity contribution in [2.45, 2.75) is 89.6 Å². The fourth-order valence-corrected chi connectivity index (χ4v) is 5.47. The first-order valence-corrected chi connectivity index (χ1v) is 11.7. The number of rotatable bonds is 8. The van der Waals surface area contributed by atoms with Crippen molar-refractivity contribution in [3.8, 4) is 0 Å². The van der Waals surface area contributed by atoms with E-state index < -0.39 is 0 Å². The van der Waals surface area contributed by atoms with E-state index in [-0.39, 0.29) is 12.0 Å². The normalized spacial score (nSPS) is 25.7. The number of ether oxygens (including phenoxy) is 1. The van der Waals surface area contributed by atoms with E-state index in [1.54, 1.807) is 0 Å². The largest absolute Gasteiger partial charge is 0.497 e. The molecule has 0 amide bonds. The molecule has 0 aromatic heterocycles. The second kappa shape index (κ2) is 9.29. The van der Waals surface area contributed by atoms with Crippen LogP contribution < -0.4 is 0 Å². The maximum atomic E-state index is 13.1. The third-order valence-corrected chi connectivity index (χ3v) is 7.39. The summed E-state index contributed by atoms with van der Waals surface area (Å²) in [5.74, 6) is 2.60. The molecule has 1 aliphatic heterocycles. The van der Waals surface area contributed by atoms with E-state index >= 15 is 0 Å². The summed E-state index contributed by atoms with van der Waals surface area (Å²) < 4.78 is 6.25. The Balaban J connectivity index is 1.40. The standard InChI is InChI=1S/C26H36O2/c1-2-20(14-13-19-9-5-3-6-10-19)25-17-24(27)23(18-28-25)26(22-15-16-22)21-11-7-4-8-12-21/h4,7-8,11-12,18-20,22,25-26H,2-3,5-6,9-10,13-17H2,1H3. The highest BCUT2D eigenvalue weighted by Crippen LogP contribution is 2.48. The second-order valence-corrected chi connectivity index (χ2v) is 9.35. The Hall–Kier alpha value is -1.57. The minimum atomic E-state index is 0.0838. The smallest absolute Gasteiger partial charge is 0.166 e. The lowest BCUT2D eigenvalue weighted by molar-refractivity contribution is -0.120. The average Bonchev–Trinajstić information content (AvgIpc) is 3.57. The average molecular weight is 381 g/mol. The molecule has 2 fully saturated rings. The Kier molecular flexibility index (Phi) is 6.54. The first-order valence-electron chi connectivity index (χ1n) is 11.7. The summed E-state index contributed by atoms with van der Waals surface area (Å²) in [5.41, 5.74) is 2.20. The van der Waals surface area contributed by atoms with Gasteiger partial charge in [0.1, 0.15) is 6.10 Å².